The van der Waals surface area contributed by atoms with Gasteiger partial charge >= 0.3 is 0 Å². The minimum atomic E-state index is -0.338. The second-order valence-electron chi connectivity index (χ2n) is 7.88. The largest absolute Gasteiger partial charge is 0.497 e. The summed E-state index contributed by atoms with van der Waals surface area (Å²) in [5, 5.41) is 12.4. The third-order valence-electron chi connectivity index (χ3n) is 6.17. The number of methoxy groups -OCH3 is 2. The first kappa shape index (κ1) is 21.9. The molecule has 1 atom stereocenters. The van der Waals surface area contributed by atoms with Crippen LogP contribution in [-0.2, 0) is 0 Å². The van der Waals surface area contributed by atoms with Gasteiger partial charge in [0, 0.05) is 29.1 Å². The van der Waals surface area contributed by atoms with E-state index >= 15 is 0 Å². The van der Waals surface area contributed by atoms with Gasteiger partial charge in [-0.1, -0.05) is 25.1 Å². The van der Waals surface area contributed by atoms with E-state index < -0.39 is 0 Å². The van der Waals surface area contributed by atoms with E-state index in [0.717, 1.165) is 19.5 Å². The van der Waals surface area contributed by atoms with Crippen LogP contribution in [0.2, 0.25) is 0 Å². The summed E-state index contributed by atoms with van der Waals surface area (Å²) in [6, 6.07) is 12.8. The molecule has 7 nitrogen and oxygen atoms in total. The first-order valence-electron chi connectivity index (χ1n) is 10.9. The zero-order valence-corrected chi connectivity index (χ0v) is 18.7. The van der Waals surface area contributed by atoms with E-state index in [2.05, 4.69) is 16.8 Å². The number of ether oxygens (including phenoxy) is 2. The number of hydrogen-bond donors (Lipinski definition) is 1. The average molecular weight is 436 g/mol. The van der Waals surface area contributed by atoms with Crippen molar-refractivity contribution in [1.82, 2.24) is 9.47 Å². The van der Waals surface area contributed by atoms with Crippen molar-refractivity contribution in [2.24, 2.45) is 4.99 Å². The van der Waals surface area contributed by atoms with E-state index in [1.54, 1.807) is 37.6 Å². The molecule has 1 N–H and O–H groups in total. The van der Waals surface area contributed by atoms with Crippen molar-refractivity contribution < 1.29 is 14.6 Å². The van der Waals surface area contributed by atoms with E-state index in [0.29, 0.717) is 46.1 Å². The van der Waals surface area contributed by atoms with Crippen LogP contribution in [0.1, 0.15) is 25.3 Å². The zero-order chi connectivity index (χ0) is 22.7. The quantitative estimate of drug-likeness (QED) is 0.574. The second kappa shape index (κ2) is 9.44. The fraction of sp³-hybridized carbons (Fsp3) is 0.360. The second-order valence-corrected chi connectivity index (χ2v) is 7.88. The summed E-state index contributed by atoms with van der Waals surface area (Å²) in [7, 11) is 3.08. The van der Waals surface area contributed by atoms with E-state index in [1.807, 2.05) is 18.2 Å². The number of aromatic nitrogens is 1. The number of likely N-dealkylation sites (tertiary alicyclic amines) is 1. The smallest absolute Gasteiger partial charge is 0.265 e. The molecule has 1 aromatic heterocycles. The number of aromatic hydroxyl groups is 1. The number of nitrogens with zero attached hydrogens (tertiary/aromatic N) is 3. The van der Waals surface area contributed by atoms with Gasteiger partial charge in [0.05, 0.1) is 32.0 Å². The summed E-state index contributed by atoms with van der Waals surface area (Å²) in [6.07, 6.45) is 3.99. The SMILES string of the molecule is CCN1CCC[C@H]1CN=Cc1c(O)n(-c2cc(OC)ccc2OC)c(=O)c2ccccc12. The first-order chi connectivity index (χ1) is 15.6. The van der Waals surface area contributed by atoms with Crippen molar-refractivity contribution in [3.05, 3.63) is 58.4 Å². The lowest BCUT2D eigenvalue weighted by Gasteiger charge is -2.20. The molecule has 0 unspecified atom stereocenters. The van der Waals surface area contributed by atoms with Crippen molar-refractivity contribution in [3.8, 4) is 23.1 Å². The molecule has 0 spiro atoms. The molecule has 2 aromatic carbocycles. The summed E-state index contributed by atoms with van der Waals surface area (Å²) >= 11 is 0. The van der Waals surface area contributed by atoms with Crippen LogP contribution in [0.25, 0.3) is 16.5 Å². The van der Waals surface area contributed by atoms with Crippen molar-refractivity contribution in [3.63, 3.8) is 0 Å². The number of fused-ring (bicyclic) bond motifs is 1. The van der Waals surface area contributed by atoms with Gasteiger partial charge in [-0.15, -0.1) is 0 Å². The highest BCUT2D eigenvalue weighted by molar-refractivity contribution is 6.01. The molecule has 1 fully saturated rings. The van der Waals surface area contributed by atoms with Gasteiger partial charge in [0.2, 0.25) is 5.88 Å². The highest BCUT2D eigenvalue weighted by atomic mass is 16.5. The van der Waals surface area contributed by atoms with Crippen molar-refractivity contribution in [2.45, 2.75) is 25.8 Å². The molecule has 0 aliphatic carbocycles. The molecule has 168 valence electrons. The minimum Gasteiger partial charge on any atom is -0.497 e. The summed E-state index contributed by atoms with van der Waals surface area (Å²) in [4.78, 5) is 20.5. The van der Waals surface area contributed by atoms with Crippen LogP contribution in [0.5, 0.6) is 17.4 Å². The Bertz CT molecular complexity index is 1200. The summed E-state index contributed by atoms with van der Waals surface area (Å²) in [5.41, 5.74) is 0.573. The topological polar surface area (TPSA) is 76.3 Å². The van der Waals surface area contributed by atoms with Crippen LogP contribution in [0.3, 0.4) is 0 Å². The highest BCUT2D eigenvalue weighted by Crippen LogP contribution is 2.32. The Hall–Kier alpha value is -3.32. The lowest BCUT2D eigenvalue weighted by Crippen LogP contribution is -2.31. The normalized spacial score (nSPS) is 16.8. The van der Waals surface area contributed by atoms with E-state index in [9.17, 15) is 9.90 Å². The fourth-order valence-electron chi connectivity index (χ4n) is 4.47. The van der Waals surface area contributed by atoms with Gasteiger partial charge < -0.3 is 14.6 Å². The molecule has 0 amide bonds. The van der Waals surface area contributed by atoms with Gasteiger partial charge in [-0.2, -0.15) is 0 Å². The standard InChI is InChI=1S/C25H29N3O4/c1-4-27-13-7-8-17(27)15-26-16-21-19-9-5-6-10-20(19)24(29)28(25(21)30)22-14-18(31-2)11-12-23(22)32-3/h5-6,9-12,14,16-17,30H,4,7-8,13,15H2,1-3H3/t17-/m0/s1. The van der Waals surface area contributed by atoms with Crippen LogP contribution in [0, 0.1) is 0 Å². The maximum atomic E-state index is 13.4. The molecule has 0 bridgehead atoms. The Labute approximate surface area is 187 Å². The number of pyridine rings is 1. The molecule has 0 saturated carbocycles. The summed E-state index contributed by atoms with van der Waals surface area (Å²) in [5.74, 6) is 0.824. The monoisotopic (exact) mass is 435 g/mol. The van der Waals surface area contributed by atoms with Crippen LogP contribution < -0.4 is 15.0 Å². The molecular weight excluding hydrogens is 406 g/mol. The van der Waals surface area contributed by atoms with E-state index in [4.69, 9.17) is 9.47 Å². The summed E-state index contributed by atoms with van der Waals surface area (Å²) in [6.45, 7) is 4.93. The van der Waals surface area contributed by atoms with Gasteiger partial charge in [0.25, 0.3) is 5.56 Å². The molecule has 2 heterocycles. The molecule has 0 radical (unpaired) electrons. The number of benzene rings is 2. The van der Waals surface area contributed by atoms with Crippen LogP contribution in [0.15, 0.2) is 52.3 Å². The van der Waals surface area contributed by atoms with Gasteiger partial charge in [-0.25, -0.2) is 4.57 Å². The van der Waals surface area contributed by atoms with Gasteiger partial charge in [-0.05, 0) is 44.1 Å². The molecule has 7 heteroatoms. The molecule has 1 saturated heterocycles. The number of likely N-dealkylation sites (N-methyl/N-ethyl adjacent to an activating group) is 1. The lowest BCUT2D eigenvalue weighted by atomic mass is 10.1. The maximum absolute atomic E-state index is 13.4. The lowest BCUT2D eigenvalue weighted by molar-refractivity contribution is 0.273. The van der Waals surface area contributed by atoms with Crippen LogP contribution in [0.4, 0.5) is 0 Å². The molecular formula is C25H29N3O4. The minimum absolute atomic E-state index is 0.178. The third kappa shape index (κ3) is 3.96. The first-order valence-corrected chi connectivity index (χ1v) is 10.9. The molecule has 32 heavy (non-hydrogen) atoms. The average Bonchev–Trinajstić information content (AvgIpc) is 3.28. The van der Waals surface area contributed by atoms with Gasteiger partial charge in [0.1, 0.15) is 11.5 Å². The van der Waals surface area contributed by atoms with Crippen molar-refractivity contribution in [1.29, 1.82) is 0 Å². The van der Waals surface area contributed by atoms with Crippen molar-refractivity contribution >= 4 is 17.0 Å². The number of rotatable bonds is 7. The predicted octanol–water partition coefficient (Wildman–Crippen LogP) is 3.62. The Kier molecular flexibility index (Phi) is 6.46. The fourth-order valence-corrected chi connectivity index (χ4v) is 4.47. The molecule has 1 aliphatic heterocycles. The van der Waals surface area contributed by atoms with Crippen molar-refractivity contribution in [2.75, 3.05) is 33.9 Å². The van der Waals surface area contributed by atoms with E-state index in [-0.39, 0.29) is 11.4 Å². The Morgan fingerprint density at radius 1 is 1.16 bits per heavy atom. The van der Waals surface area contributed by atoms with Crippen LogP contribution in [-0.4, -0.2) is 60.7 Å². The number of hydrogen-bond acceptors (Lipinski definition) is 6. The van der Waals surface area contributed by atoms with Crippen LogP contribution >= 0.6 is 0 Å². The third-order valence-corrected chi connectivity index (χ3v) is 6.17. The highest BCUT2D eigenvalue weighted by Gasteiger charge is 2.23. The number of aliphatic imine (C=N–C) groups is 1. The van der Waals surface area contributed by atoms with E-state index in [1.165, 1.54) is 18.1 Å². The Morgan fingerprint density at radius 3 is 2.66 bits per heavy atom. The molecule has 1 aliphatic rings. The van der Waals surface area contributed by atoms with Gasteiger partial charge in [-0.3, -0.25) is 14.7 Å². The maximum Gasteiger partial charge on any atom is 0.265 e. The van der Waals surface area contributed by atoms with Gasteiger partial charge in [0.15, 0.2) is 0 Å². The predicted molar refractivity (Wildman–Crippen MR) is 127 cm³/mol. The Balaban J connectivity index is 1.86. The zero-order valence-electron chi connectivity index (χ0n) is 18.7. The Morgan fingerprint density at radius 2 is 1.94 bits per heavy atom. The summed E-state index contributed by atoms with van der Waals surface area (Å²) < 4.78 is 12.1. The molecule has 4 rings (SSSR count). The molecule has 3 aromatic rings.